The van der Waals surface area contributed by atoms with Gasteiger partial charge in [0.1, 0.15) is 0 Å². The zero-order valence-corrected chi connectivity index (χ0v) is 12.5. The zero-order valence-electron chi connectivity index (χ0n) is 11.7. The van der Waals surface area contributed by atoms with E-state index in [4.69, 9.17) is 0 Å². The monoisotopic (exact) mass is 309 g/mol. The summed E-state index contributed by atoms with van der Waals surface area (Å²) in [6.07, 6.45) is -0.356. The minimum atomic E-state index is -3.88. The first-order valence-corrected chi connectivity index (χ1v) is 8.06. The highest BCUT2D eigenvalue weighted by atomic mass is 32.2. The van der Waals surface area contributed by atoms with E-state index in [0.29, 0.717) is 13.1 Å². The van der Waals surface area contributed by atoms with Crippen LogP contribution in [0, 0.1) is 0 Å². The lowest BCUT2D eigenvalue weighted by atomic mass is 10.4. The van der Waals surface area contributed by atoms with Crippen LogP contribution in [-0.4, -0.2) is 32.5 Å². The predicted molar refractivity (Wildman–Crippen MR) is 73.3 cm³/mol. The number of nitrogens with zero attached hydrogens (tertiary/aromatic N) is 1. The van der Waals surface area contributed by atoms with Crippen molar-refractivity contribution in [2.45, 2.75) is 44.7 Å². The number of rotatable bonds is 9. The second kappa shape index (κ2) is 7.70. The third-order valence-corrected chi connectivity index (χ3v) is 4.11. The molecule has 0 bridgehead atoms. The molecule has 0 aromatic carbocycles. The third-order valence-electron chi connectivity index (χ3n) is 2.72. The Morgan fingerprint density at radius 1 is 1.35 bits per heavy atom. The van der Waals surface area contributed by atoms with Crippen molar-refractivity contribution < 1.29 is 17.2 Å². The highest BCUT2D eigenvalue weighted by Crippen LogP contribution is 2.15. The van der Waals surface area contributed by atoms with E-state index in [1.165, 1.54) is 12.3 Å². The molecule has 116 valence electrons. The Hall–Kier alpha value is -0.990. The molecule has 8 heteroatoms. The van der Waals surface area contributed by atoms with Gasteiger partial charge in [0.2, 0.25) is 10.0 Å². The van der Waals surface area contributed by atoms with E-state index >= 15 is 0 Å². The summed E-state index contributed by atoms with van der Waals surface area (Å²) in [5, 5.41) is 3.12. The molecule has 1 aromatic heterocycles. The smallest absolute Gasteiger partial charge is 0.251 e. The number of hydrogen-bond donors (Lipinski definition) is 2. The van der Waals surface area contributed by atoms with Crippen LogP contribution < -0.4 is 10.0 Å². The molecule has 0 unspecified atom stereocenters. The summed E-state index contributed by atoms with van der Waals surface area (Å²) in [5.74, 6) is 0. The molecule has 1 heterocycles. The molecule has 2 N–H and O–H groups in total. The van der Waals surface area contributed by atoms with Gasteiger partial charge < -0.3 is 9.88 Å². The van der Waals surface area contributed by atoms with Gasteiger partial charge in [0.15, 0.2) is 0 Å². The highest BCUT2D eigenvalue weighted by molar-refractivity contribution is 7.89. The Labute approximate surface area is 118 Å². The lowest BCUT2D eigenvalue weighted by Gasteiger charge is -2.07. The average molecular weight is 309 g/mol. The molecule has 1 aromatic rings. The maximum Gasteiger partial charge on any atom is 0.251 e. The van der Waals surface area contributed by atoms with E-state index in [0.717, 1.165) is 18.7 Å². The largest absolute Gasteiger partial charge is 0.349 e. The molecule has 0 atom stereocenters. The second-order valence-electron chi connectivity index (χ2n) is 4.38. The van der Waals surface area contributed by atoms with Gasteiger partial charge in [-0.25, -0.2) is 21.9 Å². The molecule has 5 nitrogen and oxygen atoms in total. The number of aromatic nitrogens is 1. The first kappa shape index (κ1) is 17.1. The van der Waals surface area contributed by atoms with Crippen molar-refractivity contribution >= 4 is 10.0 Å². The van der Waals surface area contributed by atoms with Gasteiger partial charge in [-0.3, -0.25) is 0 Å². The number of aryl methyl sites for hydroxylation is 1. The number of nitrogens with one attached hydrogen (secondary N) is 2. The fourth-order valence-electron chi connectivity index (χ4n) is 1.78. The predicted octanol–water partition coefficient (Wildman–Crippen LogP) is 1.55. The van der Waals surface area contributed by atoms with Crippen molar-refractivity contribution in [3.63, 3.8) is 0 Å². The molecule has 0 aliphatic rings. The molecule has 0 fully saturated rings. The second-order valence-corrected chi connectivity index (χ2v) is 6.15. The number of sulfonamides is 1. The first-order valence-electron chi connectivity index (χ1n) is 6.58. The fourth-order valence-corrected chi connectivity index (χ4v) is 2.85. The quantitative estimate of drug-likeness (QED) is 0.727. The van der Waals surface area contributed by atoms with E-state index in [-0.39, 0.29) is 4.90 Å². The summed E-state index contributed by atoms with van der Waals surface area (Å²) in [6.45, 7) is 5.06. The Bertz CT molecular complexity index is 515. The highest BCUT2D eigenvalue weighted by Gasteiger charge is 2.19. The van der Waals surface area contributed by atoms with Gasteiger partial charge in [0.05, 0.1) is 11.4 Å². The van der Waals surface area contributed by atoms with Crippen LogP contribution in [0.1, 0.15) is 26.0 Å². The van der Waals surface area contributed by atoms with Crippen molar-refractivity contribution in [3.8, 4) is 0 Å². The summed E-state index contributed by atoms with van der Waals surface area (Å²) >= 11 is 0. The minimum absolute atomic E-state index is 0.0273. The SMILES string of the molecule is CCCn1cc(S(=O)(=O)NCC(F)F)cc1CNCC. The van der Waals surface area contributed by atoms with Gasteiger partial charge in [0, 0.05) is 25.0 Å². The lowest BCUT2D eigenvalue weighted by Crippen LogP contribution is -2.28. The van der Waals surface area contributed by atoms with E-state index in [1.54, 1.807) is 0 Å². The van der Waals surface area contributed by atoms with E-state index in [9.17, 15) is 17.2 Å². The lowest BCUT2D eigenvalue weighted by molar-refractivity contribution is 0.153. The molecular weight excluding hydrogens is 288 g/mol. The number of halogens is 2. The standard InChI is InChI=1S/C12H21F2N3O2S/c1-3-5-17-9-11(6-10(17)7-15-4-2)20(18,19)16-8-12(13)14/h6,9,12,15-16H,3-5,7-8H2,1-2H3. The molecule has 0 saturated heterocycles. The third kappa shape index (κ3) is 4.84. The maximum absolute atomic E-state index is 12.1. The first-order chi connectivity index (χ1) is 9.40. The minimum Gasteiger partial charge on any atom is -0.349 e. The van der Waals surface area contributed by atoms with Crippen LogP contribution in [0.15, 0.2) is 17.2 Å². The van der Waals surface area contributed by atoms with Gasteiger partial charge in [-0.15, -0.1) is 0 Å². The summed E-state index contributed by atoms with van der Waals surface area (Å²) in [7, 11) is -3.88. The van der Waals surface area contributed by atoms with E-state index in [1.807, 2.05) is 23.1 Å². The summed E-state index contributed by atoms with van der Waals surface area (Å²) in [6, 6.07) is 1.52. The van der Waals surface area contributed by atoms with Crippen LogP contribution in [0.4, 0.5) is 8.78 Å². The van der Waals surface area contributed by atoms with Crippen molar-refractivity contribution in [3.05, 3.63) is 18.0 Å². The molecule has 0 aliphatic carbocycles. The van der Waals surface area contributed by atoms with Gasteiger partial charge in [-0.1, -0.05) is 13.8 Å². The van der Waals surface area contributed by atoms with Crippen molar-refractivity contribution in [1.29, 1.82) is 0 Å². The van der Waals surface area contributed by atoms with Crippen LogP contribution in [0.3, 0.4) is 0 Å². The molecule has 1 rings (SSSR count). The number of hydrogen-bond acceptors (Lipinski definition) is 3. The van der Waals surface area contributed by atoms with Crippen LogP contribution in [0.5, 0.6) is 0 Å². The molecule has 0 spiro atoms. The van der Waals surface area contributed by atoms with Crippen LogP contribution in [-0.2, 0) is 23.1 Å². The maximum atomic E-state index is 12.1. The number of alkyl halides is 2. The Morgan fingerprint density at radius 2 is 2.05 bits per heavy atom. The van der Waals surface area contributed by atoms with Gasteiger partial charge in [-0.2, -0.15) is 0 Å². The van der Waals surface area contributed by atoms with E-state index in [2.05, 4.69) is 5.32 Å². The van der Waals surface area contributed by atoms with Crippen molar-refractivity contribution in [2.75, 3.05) is 13.1 Å². The summed E-state index contributed by atoms with van der Waals surface area (Å²) < 4.78 is 51.8. The Balaban J connectivity index is 2.94. The van der Waals surface area contributed by atoms with Crippen LogP contribution in [0.25, 0.3) is 0 Å². The normalized spacial score (nSPS) is 12.2. The molecule has 0 aliphatic heterocycles. The van der Waals surface area contributed by atoms with Crippen LogP contribution in [0.2, 0.25) is 0 Å². The average Bonchev–Trinajstić information content (AvgIpc) is 2.79. The molecule has 0 saturated carbocycles. The van der Waals surface area contributed by atoms with Crippen LogP contribution >= 0.6 is 0 Å². The summed E-state index contributed by atoms with van der Waals surface area (Å²) in [4.78, 5) is 0.0273. The Kier molecular flexibility index (Phi) is 6.57. The van der Waals surface area contributed by atoms with Crippen molar-refractivity contribution in [1.82, 2.24) is 14.6 Å². The Morgan fingerprint density at radius 3 is 2.60 bits per heavy atom. The molecule has 20 heavy (non-hydrogen) atoms. The van der Waals surface area contributed by atoms with Crippen molar-refractivity contribution in [2.24, 2.45) is 0 Å². The molecular formula is C12H21F2N3O2S. The van der Waals surface area contributed by atoms with Gasteiger partial charge in [0.25, 0.3) is 6.43 Å². The zero-order chi connectivity index (χ0) is 15.2. The fraction of sp³-hybridized carbons (Fsp3) is 0.667. The van der Waals surface area contributed by atoms with Gasteiger partial charge in [-0.05, 0) is 19.0 Å². The topological polar surface area (TPSA) is 63.1 Å². The molecule has 0 amide bonds. The van der Waals surface area contributed by atoms with Gasteiger partial charge >= 0.3 is 0 Å². The summed E-state index contributed by atoms with van der Waals surface area (Å²) in [5.41, 5.74) is 0.825. The molecule has 0 radical (unpaired) electrons. The van der Waals surface area contributed by atoms with E-state index < -0.39 is 23.0 Å².